The van der Waals surface area contributed by atoms with Gasteiger partial charge >= 0.3 is 0 Å². The third kappa shape index (κ3) is 4.29. The molecule has 1 heterocycles. The van der Waals surface area contributed by atoms with Gasteiger partial charge in [0.15, 0.2) is 11.6 Å². The largest absolute Gasteiger partial charge is 0.497 e. The van der Waals surface area contributed by atoms with Gasteiger partial charge in [-0.2, -0.15) is 0 Å². The number of hydrogen-bond donors (Lipinski definition) is 2. The van der Waals surface area contributed by atoms with Crippen LogP contribution in [0.3, 0.4) is 0 Å². The molecule has 7 heteroatoms. The Balaban J connectivity index is 1.65. The second kappa shape index (κ2) is 7.84. The van der Waals surface area contributed by atoms with Crippen molar-refractivity contribution in [2.24, 2.45) is 0 Å². The van der Waals surface area contributed by atoms with Crippen LogP contribution in [0.1, 0.15) is 15.9 Å². The number of rotatable bonds is 5. The molecule has 0 spiro atoms. The van der Waals surface area contributed by atoms with Crippen molar-refractivity contribution in [2.75, 3.05) is 17.7 Å². The molecule has 26 heavy (non-hydrogen) atoms. The number of benzene rings is 2. The van der Waals surface area contributed by atoms with E-state index in [2.05, 4.69) is 20.8 Å². The molecule has 0 radical (unpaired) electrons. The van der Waals surface area contributed by atoms with Crippen molar-refractivity contribution in [1.82, 2.24) is 10.2 Å². The number of ether oxygens (including phenoxy) is 1. The van der Waals surface area contributed by atoms with Gasteiger partial charge < -0.3 is 15.4 Å². The number of amides is 1. The van der Waals surface area contributed by atoms with Crippen LogP contribution in [0.25, 0.3) is 0 Å². The minimum atomic E-state index is -0.270. The topological polar surface area (TPSA) is 76.1 Å². The fourth-order valence-electron chi connectivity index (χ4n) is 2.21. The monoisotopic (exact) mass is 368 g/mol. The summed E-state index contributed by atoms with van der Waals surface area (Å²) in [5, 5.41) is 14.6. The van der Waals surface area contributed by atoms with Gasteiger partial charge in [0, 0.05) is 16.3 Å². The first kappa shape index (κ1) is 17.7. The summed E-state index contributed by atoms with van der Waals surface area (Å²) in [7, 11) is 1.57. The Labute approximate surface area is 156 Å². The lowest BCUT2D eigenvalue weighted by atomic mass is 10.2. The normalized spacial score (nSPS) is 10.3. The number of hydrogen-bond acceptors (Lipinski definition) is 5. The van der Waals surface area contributed by atoms with E-state index >= 15 is 0 Å². The van der Waals surface area contributed by atoms with Crippen LogP contribution in [-0.4, -0.2) is 23.2 Å². The highest BCUT2D eigenvalue weighted by Crippen LogP contribution is 2.22. The molecule has 0 saturated carbocycles. The molecule has 132 valence electrons. The van der Waals surface area contributed by atoms with Crippen molar-refractivity contribution in [1.29, 1.82) is 0 Å². The van der Waals surface area contributed by atoms with Gasteiger partial charge in [-0.25, -0.2) is 0 Å². The Bertz CT molecular complexity index is 912. The molecule has 6 nitrogen and oxygen atoms in total. The second-order valence-corrected chi connectivity index (χ2v) is 5.98. The third-order valence-electron chi connectivity index (χ3n) is 3.70. The highest BCUT2D eigenvalue weighted by Gasteiger charge is 2.08. The number of halogens is 1. The van der Waals surface area contributed by atoms with Gasteiger partial charge in [0.2, 0.25) is 0 Å². The number of aromatic nitrogens is 2. The van der Waals surface area contributed by atoms with Crippen molar-refractivity contribution in [3.63, 3.8) is 0 Å². The van der Waals surface area contributed by atoms with Crippen LogP contribution in [-0.2, 0) is 0 Å². The Kier molecular flexibility index (Phi) is 5.34. The molecule has 0 atom stereocenters. The van der Waals surface area contributed by atoms with Gasteiger partial charge in [0.05, 0.1) is 7.11 Å². The minimum absolute atomic E-state index is 0.270. The van der Waals surface area contributed by atoms with E-state index in [9.17, 15) is 4.79 Å². The Morgan fingerprint density at radius 1 is 1.00 bits per heavy atom. The Hall–Kier alpha value is -3.12. The van der Waals surface area contributed by atoms with Crippen LogP contribution in [0.4, 0.5) is 17.3 Å². The third-order valence-corrected chi connectivity index (χ3v) is 4.11. The van der Waals surface area contributed by atoms with Gasteiger partial charge in [0.25, 0.3) is 5.91 Å². The van der Waals surface area contributed by atoms with Crippen molar-refractivity contribution >= 4 is 34.8 Å². The van der Waals surface area contributed by atoms with E-state index in [1.165, 1.54) is 0 Å². The Morgan fingerprint density at radius 3 is 2.31 bits per heavy atom. The molecule has 0 aliphatic carbocycles. The zero-order valence-electron chi connectivity index (χ0n) is 14.3. The Morgan fingerprint density at radius 2 is 1.69 bits per heavy atom. The fraction of sp³-hybridized carbons (Fsp3) is 0.105. The molecule has 1 amide bonds. The van der Waals surface area contributed by atoms with Gasteiger partial charge in [-0.3, -0.25) is 4.79 Å². The minimum Gasteiger partial charge on any atom is -0.497 e. The van der Waals surface area contributed by atoms with E-state index in [0.717, 1.165) is 11.3 Å². The van der Waals surface area contributed by atoms with Crippen LogP contribution < -0.4 is 15.4 Å². The molecule has 0 aliphatic rings. The van der Waals surface area contributed by atoms with E-state index in [1.54, 1.807) is 43.5 Å². The molecular weight excluding hydrogens is 352 g/mol. The molecule has 0 fully saturated rings. The first-order valence-electron chi connectivity index (χ1n) is 7.87. The number of carbonyl (C=O) groups excluding carboxylic acids is 1. The number of nitrogens with one attached hydrogen (secondary N) is 2. The molecular formula is C19H17ClN4O2. The van der Waals surface area contributed by atoms with E-state index in [0.29, 0.717) is 28.0 Å². The highest BCUT2D eigenvalue weighted by atomic mass is 35.5. The van der Waals surface area contributed by atoms with Crippen molar-refractivity contribution in [2.45, 2.75) is 6.92 Å². The van der Waals surface area contributed by atoms with Crippen LogP contribution in [0, 0.1) is 6.92 Å². The molecule has 3 rings (SSSR count). The first-order chi connectivity index (χ1) is 12.5. The van der Waals surface area contributed by atoms with Gasteiger partial charge in [0.1, 0.15) is 5.75 Å². The molecule has 2 N–H and O–H groups in total. The number of methoxy groups -OCH3 is 1. The summed E-state index contributed by atoms with van der Waals surface area (Å²) in [6.07, 6.45) is 0. The lowest BCUT2D eigenvalue weighted by molar-refractivity contribution is 0.102. The molecule has 0 saturated heterocycles. The second-order valence-electron chi connectivity index (χ2n) is 5.58. The summed E-state index contributed by atoms with van der Waals surface area (Å²) < 4.78 is 5.07. The van der Waals surface area contributed by atoms with Gasteiger partial charge in [-0.15, -0.1) is 10.2 Å². The summed E-state index contributed by atoms with van der Waals surface area (Å²) in [5.41, 5.74) is 2.31. The quantitative estimate of drug-likeness (QED) is 0.696. The van der Waals surface area contributed by atoms with E-state index in [-0.39, 0.29) is 5.91 Å². The number of carbonyl (C=O) groups is 1. The molecule has 0 bridgehead atoms. The zero-order valence-corrected chi connectivity index (χ0v) is 15.0. The standard InChI is InChI=1S/C19H17ClN4O2/c1-12-3-6-14(11-16(12)20)21-17-9-10-18(24-23-17)22-19(25)13-4-7-15(26-2)8-5-13/h3-11H,1-2H3,(H,21,23)(H,22,24,25). The van der Waals surface area contributed by atoms with Crippen molar-refractivity contribution < 1.29 is 9.53 Å². The number of nitrogens with zero attached hydrogens (tertiary/aromatic N) is 2. The summed E-state index contributed by atoms with van der Waals surface area (Å²) in [6, 6.07) is 15.8. The summed E-state index contributed by atoms with van der Waals surface area (Å²) in [4.78, 5) is 12.2. The summed E-state index contributed by atoms with van der Waals surface area (Å²) >= 11 is 6.11. The van der Waals surface area contributed by atoms with Crippen molar-refractivity contribution in [3.05, 3.63) is 70.7 Å². The maximum Gasteiger partial charge on any atom is 0.256 e. The average Bonchev–Trinajstić information content (AvgIpc) is 2.66. The number of anilines is 3. The van der Waals surface area contributed by atoms with E-state index < -0.39 is 0 Å². The smallest absolute Gasteiger partial charge is 0.256 e. The predicted octanol–water partition coefficient (Wildman–Crippen LogP) is 4.44. The maximum atomic E-state index is 12.2. The molecule has 3 aromatic rings. The number of aryl methyl sites for hydroxylation is 1. The van der Waals surface area contributed by atoms with Crippen LogP contribution >= 0.6 is 11.6 Å². The lowest BCUT2D eigenvalue weighted by Gasteiger charge is -2.08. The fourth-order valence-corrected chi connectivity index (χ4v) is 2.40. The van der Waals surface area contributed by atoms with Gasteiger partial charge in [-0.05, 0) is 61.0 Å². The predicted molar refractivity (Wildman–Crippen MR) is 102 cm³/mol. The average molecular weight is 369 g/mol. The summed E-state index contributed by atoms with van der Waals surface area (Å²) in [5.74, 6) is 1.33. The van der Waals surface area contributed by atoms with E-state index in [4.69, 9.17) is 16.3 Å². The zero-order chi connectivity index (χ0) is 18.5. The van der Waals surface area contributed by atoms with Crippen LogP contribution in [0.15, 0.2) is 54.6 Å². The van der Waals surface area contributed by atoms with Crippen LogP contribution in [0.5, 0.6) is 5.75 Å². The molecule has 0 unspecified atom stereocenters. The van der Waals surface area contributed by atoms with Crippen LogP contribution in [0.2, 0.25) is 5.02 Å². The summed E-state index contributed by atoms with van der Waals surface area (Å²) in [6.45, 7) is 1.94. The lowest BCUT2D eigenvalue weighted by Crippen LogP contribution is -2.13. The van der Waals surface area contributed by atoms with Crippen molar-refractivity contribution in [3.8, 4) is 5.75 Å². The molecule has 2 aromatic carbocycles. The SMILES string of the molecule is COc1ccc(C(=O)Nc2ccc(Nc3ccc(C)c(Cl)c3)nn2)cc1. The van der Waals surface area contributed by atoms with Gasteiger partial charge in [-0.1, -0.05) is 17.7 Å². The van der Waals surface area contributed by atoms with E-state index in [1.807, 2.05) is 25.1 Å². The molecule has 1 aromatic heterocycles. The first-order valence-corrected chi connectivity index (χ1v) is 8.25. The highest BCUT2D eigenvalue weighted by molar-refractivity contribution is 6.31. The maximum absolute atomic E-state index is 12.2. The molecule has 0 aliphatic heterocycles.